The molecule has 2 rings (SSSR count). The van der Waals surface area contributed by atoms with Gasteiger partial charge in [-0.3, -0.25) is 0 Å². The van der Waals surface area contributed by atoms with Crippen LogP contribution in [0, 0.1) is 5.82 Å². The van der Waals surface area contributed by atoms with Crippen molar-refractivity contribution in [1.82, 2.24) is 10.3 Å². The highest BCUT2D eigenvalue weighted by Gasteiger charge is 2.11. The van der Waals surface area contributed by atoms with Gasteiger partial charge in [-0.15, -0.1) is 0 Å². The van der Waals surface area contributed by atoms with Crippen LogP contribution in [0.4, 0.5) is 4.39 Å². The number of nitrogens with one attached hydrogen (secondary N) is 1. The Morgan fingerprint density at radius 2 is 2.10 bits per heavy atom. The summed E-state index contributed by atoms with van der Waals surface area (Å²) in [4.78, 5) is 4.05. The van der Waals surface area contributed by atoms with Crippen LogP contribution in [0.2, 0.25) is 0 Å². The molecule has 21 heavy (non-hydrogen) atoms. The first-order valence-corrected chi connectivity index (χ1v) is 7.19. The Balaban J connectivity index is 2.34. The number of nitrogens with zero attached hydrogens (tertiary/aromatic N) is 1. The largest absolute Gasteiger partial charge is 0.481 e. The van der Waals surface area contributed by atoms with Gasteiger partial charge in [0.15, 0.2) is 0 Å². The maximum Gasteiger partial charge on any atom is 0.213 e. The average molecular weight is 288 g/mol. The Morgan fingerprint density at radius 1 is 1.29 bits per heavy atom. The first kappa shape index (κ1) is 15.4. The van der Waals surface area contributed by atoms with Crippen molar-refractivity contribution in [2.24, 2.45) is 0 Å². The van der Waals surface area contributed by atoms with Crippen molar-refractivity contribution in [2.45, 2.75) is 26.3 Å². The van der Waals surface area contributed by atoms with Gasteiger partial charge in [-0.1, -0.05) is 13.0 Å². The van der Waals surface area contributed by atoms with Gasteiger partial charge in [0.2, 0.25) is 5.88 Å². The normalized spacial score (nSPS) is 12.2. The van der Waals surface area contributed by atoms with Crippen LogP contribution in [-0.2, 0) is 0 Å². The number of hydrogen-bond acceptors (Lipinski definition) is 3. The molecule has 1 unspecified atom stereocenters. The van der Waals surface area contributed by atoms with Gasteiger partial charge >= 0.3 is 0 Å². The van der Waals surface area contributed by atoms with E-state index in [2.05, 4.69) is 24.1 Å². The Morgan fingerprint density at radius 3 is 2.81 bits per heavy atom. The summed E-state index contributed by atoms with van der Waals surface area (Å²) in [7, 11) is 1.55. The van der Waals surface area contributed by atoms with E-state index in [9.17, 15) is 4.39 Å². The lowest BCUT2D eigenvalue weighted by molar-refractivity contribution is 0.398. The smallest absolute Gasteiger partial charge is 0.213 e. The van der Waals surface area contributed by atoms with E-state index in [1.54, 1.807) is 25.4 Å². The zero-order valence-corrected chi connectivity index (χ0v) is 12.7. The molecule has 0 saturated heterocycles. The molecule has 0 spiro atoms. The molecule has 0 radical (unpaired) electrons. The van der Waals surface area contributed by atoms with Crippen molar-refractivity contribution in [3.63, 3.8) is 0 Å². The molecule has 1 atom stereocenters. The number of methoxy groups -OCH3 is 1. The van der Waals surface area contributed by atoms with E-state index in [4.69, 9.17) is 4.74 Å². The lowest BCUT2D eigenvalue weighted by atomic mass is 10.00. The number of ether oxygens (including phenoxy) is 1. The monoisotopic (exact) mass is 288 g/mol. The SMILES string of the molecule is CCCNC(C)c1ccc(F)c(-c2ccnc(OC)c2)c1. The number of hydrogen-bond donors (Lipinski definition) is 1. The molecule has 0 fully saturated rings. The number of aromatic nitrogens is 1. The van der Waals surface area contributed by atoms with Crippen molar-refractivity contribution in [3.05, 3.63) is 47.9 Å². The maximum atomic E-state index is 14.1. The maximum absolute atomic E-state index is 14.1. The van der Waals surface area contributed by atoms with E-state index in [-0.39, 0.29) is 11.9 Å². The Labute approximate surface area is 125 Å². The molecule has 1 aromatic carbocycles. The van der Waals surface area contributed by atoms with Gasteiger partial charge in [0.1, 0.15) is 5.82 Å². The molecule has 1 heterocycles. The summed E-state index contributed by atoms with van der Waals surface area (Å²) in [6.07, 6.45) is 2.69. The average Bonchev–Trinajstić information content (AvgIpc) is 2.53. The van der Waals surface area contributed by atoms with Gasteiger partial charge in [0, 0.05) is 23.9 Å². The predicted molar refractivity (Wildman–Crippen MR) is 82.9 cm³/mol. The second-order valence-corrected chi connectivity index (χ2v) is 5.00. The van der Waals surface area contributed by atoms with E-state index in [1.165, 1.54) is 6.07 Å². The van der Waals surface area contributed by atoms with Gasteiger partial charge < -0.3 is 10.1 Å². The lowest BCUT2D eigenvalue weighted by Gasteiger charge is -2.15. The molecular weight excluding hydrogens is 267 g/mol. The topological polar surface area (TPSA) is 34.2 Å². The van der Waals surface area contributed by atoms with E-state index in [0.29, 0.717) is 11.4 Å². The number of halogens is 1. The van der Waals surface area contributed by atoms with Gasteiger partial charge in [0.25, 0.3) is 0 Å². The van der Waals surface area contributed by atoms with E-state index in [1.807, 2.05) is 12.1 Å². The molecule has 0 bridgehead atoms. The third kappa shape index (κ3) is 3.79. The molecule has 112 valence electrons. The summed E-state index contributed by atoms with van der Waals surface area (Å²) in [5, 5.41) is 3.41. The van der Waals surface area contributed by atoms with E-state index >= 15 is 0 Å². The molecule has 1 aromatic heterocycles. The molecule has 0 saturated carbocycles. The lowest BCUT2D eigenvalue weighted by Crippen LogP contribution is -2.19. The minimum Gasteiger partial charge on any atom is -0.481 e. The molecule has 1 N–H and O–H groups in total. The molecule has 0 aliphatic rings. The fourth-order valence-electron chi connectivity index (χ4n) is 2.20. The van der Waals surface area contributed by atoms with Gasteiger partial charge in [-0.05, 0) is 49.2 Å². The fourth-order valence-corrected chi connectivity index (χ4v) is 2.20. The van der Waals surface area contributed by atoms with Crippen LogP contribution in [-0.4, -0.2) is 18.6 Å². The van der Waals surface area contributed by atoms with Crippen molar-refractivity contribution in [3.8, 4) is 17.0 Å². The van der Waals surface area contributed by atoms with Gasteiger partial charge in [-0.2, -0.15) is 0 Å². The van der Waals surface area contributed by atoms with Crippen molar-refractivity contribution >= 4 is 0 Å². The molecule has 0 aliphatic heterocycles. The molecule has 0 aliphatic carbocycles. The number of rotatable bonds is 6. The molecule has 3 nitrogen and oxygen atoms in total. The first-order chi connectivity index (χ1) is 10.2. The van der Waals surface area contributed by atoms with Crippen molar-refractivity contribution in [1.29, 1.82) is 0 Å². The van der Waals surface area contributed by atoms with Crippen molar-refractivity contribution in [2.75, 3.05) is 13.7 Å². The zero-order valence-electron chi connectivity index (χ0n) is 12.7. The number of benzene rings is 1. The van der Waals surface area contributed by atoms with Crippen LogP contribution < -0.4 is 10.1 Å². The highest BCUT2D eigenvalue weighted by Crippen LogP contribution is 2.27. The second-order valence-electron chi connectivity index (χ2n) is 5.00. The molecule has 4 heteroatoms. The fraction of sp³-hybridized carbons (Fsp3) is 0.353. The van der Waals surface area contributed by atoms with Crippen LogP contribution in [0.25, 0.3) is 11.1 Å². The standard InChI is InChI=1S/C17H21FN2O/c1-4-8-19-12(2)13-5-6-16(18)15(10-13)14-7-9-20-17(11-14)21-3/h5-7,9-12,19H,4,8H2,1-3H3. The van der Waals surface area contributed by atoms with Crippen molar-refractivity contribution < 1.29 is 9.13 Å². The predicted octanol–water partition coefficient (Wildman–Crippen LogP) is 3.96. The Bertz CT molecular complexity index is 601. The van der Waals surface area contributed by atoms with Gasteiger partial charge in [-0.25, -0.2) is 9.37 Å². The first-order valence-electron chi connectivity index (χ1n) is 7.19. The molecular formula is C17H21FN2O. The quantitative estimate of drug-likeness (QED) is 0.873. The summed E-state index contributed by atoms with van der Waals surface area (Å²) < 4.78 is 19.2. The number of pyridine rings is 1. The third-order valence-electron chi connectivity index (χ3n) is 3.45. The van der Waals surface area contributed by atoms with Crippen LogP contribution >= 0.6 is 0 Å². The minimum absolute atomic E-state index is 0.188. The molecule has 2 aromatic rings. The summed E-state index contributed by atoms with van der Waals surface area (Å²) in [6.45, 7) is 5.15. The van der Waals surface area contributed by atoms with Crippen LogP contribution in [0.5, 0.6) is 5.88 Å². The Kier molecular flexibility index (Phi) is 5.28. The Hall–Kier alpha value is -1.94. The summed E-state index contributed by atoms with van der Waals surface area (Å²) >= 11 is 0. The third-order valence-corrected chi connectivity index (χ3v) is 3.45. The highest BCUT2D eigenvalue weighted by molar-refractivity contribution is 5.65. The molecule has 0 amide bonds. The van der Waals surface area contributed by atoms with E-state index in [0.717, 1.165) is 24.1 Å². The van der Waals surface area contributed by atoms with E-state index < -0.39 is 0 Å². The minimum atomic E-state index is -0.241. The highest BCUT2D eigenvalue weighted by atomic mass is 19.1. The zero-order chi connectivity index (χ0) is 15.2. The second kappa shape index (κ2) is 7.18. The van der Waals surface area contributed by atoms with Crippen LogP contribution in [0.3, 0.4) is 0 Å². The van der Waals surface area contributed by atoms with Crippen LogP contribution in [0.1, 0.15) is 31.9 Å². The summed E-state index contributed by atoms with van der Waals surface area (Å²) in [5.41, 5.74) is 2.40. The summed E-state index contributed by atoms with van der Waals surface area (Å²) in [5.74, 6) is 0.240. The summed E-state index contributed by atoms with van der Waals surface area (Å²) in [6, 6.07) is 8.94. The van der Waals surface area contributed by atoms with Crippen LogP contribution in [0.15, 0.2) is 36.5 Å². The van der Waals surface area contributed by atoms with Gasteiger partial charge in [0.05, 0.1) is 7.11 Å².